The van der Waals surface area contributed by atoms with Crippen LogP contribution in [0.3, 0.4) is 0 Å². The van der Waals surface area contributed by atoms with Crippen molar-refractivity contribution in [3.63, 3.8) is 0 Å². The Bertz CT molecular complexity index is 307. The van der Waals surface area contributed by atoms with Crippen LogP contribution in [0.4, 0.5) is 0 Å². The fourth-order valence-electron chi connectivity index (χ4n) is 0.557. The van der Waals surface area contributed by atoms with Crippen LogP contribution < -0.4 is 11.2 Å². The van der Waals surface area contributed by atoms with Gasteiger partial charge in [0.1, 0.15) is 0 Å². The molecule has 0 bridgehead atoms. The molecule has 0 aromatic carbocycles. The van der Waals surface area contributed by atoms with Crippen LogP contribution in [0.1, 0.15) is 4.88 Å². The minimum Gasteiger partial charge on any atom is -0.375 e. The van der Waals surface area contributed by atoms with Gasteiger partial charge >= 0.3 is 0 Å². The molecule has 0 aliphatic heterocycles. The van der Waals surface area contributed by atoms with Gasteiger partial charge < -0.3 is 5.73 Å². The highest BCUT2D eigenvalue weighted by molar-refractivity contribution is 9.11. The maximum Gasteiger partial charge on any atom is 0.184 e. The highest BCUT2D eigenvalue weighted by Crippen LogP contribution is 2.20. The molecular weight excluding hydrogens is 258 g/mol. The molecule has 1 rings (SSSR count). The summed E-state index contributed by atoms with van der Waals surface area (Å²) in [4.78, 5) is 1.03. The van der Waals surface area contributed by atoms with Crippen molar-refractivity contribution in [3.8, 4) is 0 Å². The monoisotopic (exact) mass is 263 g/mol. The van der Waals surface area contributed by atoms with Gasteiger partial charge in [0.15, 0.2) is 5.11 Å². The Hall–Kier alpha value is -0.460. The predicted molar refractivity (Wildman–Crippen MR) is 59.5 cm³/mol. The summed E-state index contributed by atoms with van der Waals surface area (Å²) in [5.41, 5.74) is 7.64. The molecule has 64 valence electrons. The second kappa shape index (κ2) is 4.54. The van der Waals surface area contributed by atoms with E-state index in [0.717, 1.165) is 8.66 Å². The van der Waals surface area contributed by atoms with Gasteiger partial charge in [0.2, 0.25) is 0 Å². The predicted octanol–water partition coefficient (Wildman–Crippen LogP) is 1.68. The Morgan fingerprint density at radius 3 is 3.00 bits per heavy atom. The summed E-state index contributed by atoms with van der Waals surface area (Å²) in [5.74, 6) is 0. The topological polar surface area (TPSA) is 50.4 Å². The Labute approximate surface area is 87.8 Å². The van der Waals surface area contributed by atoms with Crippen LogP contribution in [0.15, 0.2) is 21.0 Å². The minimum atomic E-state index is 0.168. The van der Waals surface area contributed by atoms with Gasteiger partial charge in [-0.25, -0.2) is 0 Å². The molecule has 1 aromatic rings. The minimum absolute atomic E-state index is 0.168. The van der Waals surface area contributed by atoms with E-state index in [-0.39, 0.29) is 5.11 Å². The summed E-state index contributed by atoms with van der Waals surface area (Å²) < 4.78 is 1.07. The lowest BCUT2D eigenvalue weighted by molar-refractivity contribution is 1.04. The molecule has 0 aliphatic rings. The standard InChI is InChI=1S/C6H6BrN3S2/c7-5-2-1-4(12-5)3-9-10-6(8)11/h1-3H,(H3,8,10,11)/b9-3+. The van der Waals surface area contributed by atoms with Gasteiger partial charge in [-0.2, -0.15) is 5.10 Å². The van der Waals surface area contributed by atoms with Gasteiger partial charge in [0.25, 0.3) is 0 Å². The van der Waals surface area contributed by atoms with Crippen molar-refractivity contribution in [2.75, 3.05) is 0 Å². The molecule has 3 nitrogen and oxygen atoms in total. The third-order valence-corrected chi connectivity index (χ3v) is 2.61. The van der Waals surface area contributed by atoms with E-state index < -0.39 is 0 Å². The lowest BCUT2D eigenvalue weighted by Crippen LogP contribution is -2.23. The Morgan fingerprint density at radius 2 is 2.50 bits per heavy atom. The van der Waals surface area contributed by atoms with Crippen LogP contribution >= 0.6 is 39.5 Å². The Kier molecular flexibility index (Phi) is 3.64. The van der Waals surface area contributed by atoms with E-state index in [0.29, 0.717) is 0 Å². The maximum atomic E-state index is 5.16. The molecule has 1 heterocycles. The second-order valence-electron chi connectivity index (χ2n) is 1.88. The summed E-state index contributed by atoms with van der Waals surface area (Å²) in [5, 5.41) is 3.97. The number of nitrogens with zero attached hydrogens (tertiary/aromatic N) is 1. The normalized spacial score (nSPS) is 10.4. The molecule has 3 N–H and O–H groups in total. The van der Waals surface area contributed by atoms with Gasteiger partial charge in [0.05, 0.1) is 10.0 Å². The van der Waals surface area contributed by atoms with Crippen molar-refractivity contribution in [1.82, 2.24) is 5.43 Å². The van der Waals surface area contributed by atoms with E-state index >= 15 is 0 Å². The molecule has 0 saturated carbocycles. The zero-order valence-electron chi connectivity index (χ0n) is 5.95. The van der Waals surface area contributed by atoms with Crippen molar-refractivity contribution >= 4 is 50.8 Å². The number of halogens is 1. The summed E-state index contributed by atoms with van der Waals surface area (Å²) in [7, 11) is 0. The molecule has 0 unspecified atom stereocenters. The number of rotatable bonds is 2. The average Bonchev–Trinajstić information content (AvgIpc) is 2.35. The first-order chi connectivity index (χ1) is 5.68. The van der Waals surface area contributed by atoms with Crippen molar-refractivity contribution in [1.29, 1.82) is 0 Å². The third kappa shape index (κ3) is 3.29. The second-order valence-corrected chi connectivity index (χ2v) is 4.81. The molecule has 0 saturated heterocycles. The molecule has 0 aliphatic carbocycles. The van der Waals surface area contributed by atoms with Crippen molar-refractivity contribution in [3.05, 3.63) is 20.8 Å². The first-order valence-electron chi connectivity index (χ1n) is 3.02. The lowest BCUT2D eigenvalue weighted by Gasteiger charge is -1.91. The number of nitrogens with two attached hydrogens (primary N) is 1. The Morgan fingerprint density at radius 1 is 1.75 bits per heavy atom. The van der Waals surface area contributed by atoms with Crippen LogP contribution in [0.5, 0.6) is 0 Å². The van der Waals surface area contributed by atoms with Crippen LogP contribution in [-0.4, -0.2) is 11.3 Å². The number of nitrogens with one attached hydrogen (secondary N) is 1. The number of hydrogen-bond donors (Lipinski definition) is 2. The van der Waals surface area contributed by atoms with Crippen LogP contribution in [0.25, 0.3) is 0 Å². The number of hydrogen-bond acceptors (Lipinski definition) is 3. The molecular formula is C6H6BrN3S2. The van der Waals surface area contributed by atoms with E-state index in [9.17, 15) is 0 Å². The molecule has 1 aromatic heterocycles. The van der Waals surface area contributed by atoms with E-state index in [4.69, 9.17) is 5.73 Å². The molecule has 0 atom stereocenters. The van der Waals surface area contributed by atoms with E-state index in [2.05, 4.69) is 38.7 Å². The summed E-state index contributed by atoms with van der Waals surface area (Å²) in [6.07, 6.45) is 1.66. The summed E-state index contributed by atoms with van der Waals surface area (Å²) in [6.45, 7) is 0. The maximum absolute atomic E-state index is 5.16. The van der Waals surface area contributed by atoms with Crippen LogP contribution in [0, 0.1) is 0 Å². The van der Waals surface area contributed by atoms with Gasteiger partial charge in [-0.05, 0) is 40.3 Å². The van der Waals surface area contributed by atoms with Crippen molar-refractivity contribution < 1.29 is 0 Å². The molecule has 6 heteroatoms. The zero-order chi connectivity index (χ0) is 8.97. The van der Waals surface area contributed by atoms with Gasteiger partial charge in [-0.3, -0.25) is 5.43 Å². The largest absolute Gasteiger partial charge is 0.375 e. The van der Waals surface area contributed by atoms with Gasteiger partial charge in [-0.15, -0.1) is 11.3 Å². The van der Waals surface area contributed by atoms with Crippen LogP contribution in [0.2, 0.25) is 0 Å². The zero-order valence-corrected chi connectivity index (χ0v) is 9.17. The Balaban J connectivity index is 2.52. The molecule has 0 amide bonds. The average molecular weight is 264 g/mol. The molecule has 0 spiro atoms. The molecule has 0 fully saturated rings. The third-order valence-electron chi connectivity index (χ3n) is 0.961. The SMILES string of the molecule is NC(=S)N/N=C/c1ccc(Br)s1. The van der Waals surface area contributed by atoms with Gasteiger partial charge in [0, 0.05) is 4.88 Å². The lowest BCUT2D eigenvalue weighted by atomic mass is 10.5. The summed E-state index contributed by atoms with van der Waals surface area (Å²) in [6, 6.07) is 3.90. The number of thiocarbonyl (C=S) groups is 1. The highest BCUT2D eigenvalue weighted by atomic mass is 79.9. The quantitative estimate of drug-likeness (QED) is 0.485. The number of hydrazone groups is 1. The first kappa shape index (κ1) is 9.63. The fraction of sp³-hybridized carbons (Fsp3) is 0. The smallest absolute Gasteiger partial charge is 0.184 e. The number of thiophene rings is 1. The fourth-order valence-corrected chi connectivity index (χ4v) is 1.91. The van der Waals surface area contributed by atoms with Crippen molar-refractivity contribution in [2.24, 2.45) is 10.8 Å². The molecule has 12 heavy (non-hydrogen) atoms. The molecule has 0 radical (unpaired) electrons. The first-order valence-corrected chi connectivity index (χ1v) is 5.04. The van der Waals surface area contributed by atoms with Gasteiger partial charge in [-0.1, -0.05) is 0 Å². The summed E-state index contributed by atoms with van der Waals surface area (Å²) >= 11 is 9.48. The van der Waals surface area contributed by atoms with E-state index in [1.54, 1.807) is 17.6 Å². The van der Waals surface area contributed by atoms with E-state index in [1.807, 2.05) is 12.1 Å². The van der Waals surface area contributed by atoms with Crippen LogP contribution in [-0.2, 0) is 0 Å². The highest BCUT2D eigenvalue weighted by Gasteiger charge is 1.92. The van der Waals surface area contributed by atoms with Crippen molar-refractivity contribution in [2.45, 2.75) is 0 Å². The van der Waals surface area contributed by atoms with E-state index in [1.165, 1.54) is 0 Å².